The second-order valence-electron chi connectivity index (χ2n) is 5.53. The van der Waals surface area contributed by atoms with Crippen molar-refractivity contribution in [1.29, 1.82) is 0 Å². The Morgan fingerprint density at radius 1 is 1.52 bits per heavy atom. The predicted octanol–water partition coefficient (Wildman–Crippen LogP) is 2.60. The van der Waals surface area contributed by atoms with Crippen molar-refractivity contribution in [2.24, 2.45) is 0 Å². The number of aromatic nitrogens is 3. The number of hydrogen-bond acceptors (Lipinski definition) is 4. The number of fused-ring (bicyclic) bond motifs is 1. The smallest absolute Gasteiger partial charge is 0.321 e. The number of carbonyl (C=O) groups is 1. The zero-order valence-electron chi connectivity index (χ0n) is 12.2. The van der Waals surface area contributed by atoms with Crippen molar-refractivity contribution in [2.75, 3.05) is 5.32 Å². The Kier molecular flexibility index (Phi) is 3.92. The first-order valence-electron chi connectivity index (χ1n) is 7.15. The summed E-state index contributed by atoms with van der Waals surface area (Å²) in [6, 6.07) is 0.303. The van der Waals surface area contributed by atoms with E-state index in [4.69, 9.17) is 0 Å². The highest BCUT2D eigenvalue weighted by Gasteiger charge is 2.24. The monoisotopic (exact) mass is 305 g/mol. The van der Waals surface area contributed by atoms with Crippen molar-refractivity contribution in [3.8, 4) is 0 Å². The van der Waals surface area contributed by atoms with Crippen LogP contribution in [0.5, 0.6) is 0 Å². The van der Waals surface area contributed by atoms with Crippen LogP contribution in [0.4, 0.5) is 9.93 Å². The summed E-state index contributed by atoms with van der Waals surface area (Å²) in [7, 11) is 0. The van der Waals surface area contributed by atoms with E-state index in [-0.39, 0.29) is 12.1 Å². The number of anilines is 1. The molecule has 0 bridgehead atoms. The number of carbonyl (C=O) groups excluding carboxylic acids is 1. The molecule has 0 saturated carbocycles. The lowest BCUT2D eigenvalue weighted by Crippen LogP contribution is -2.41. The maximum Gasteiger partial charge on any atom is 0.321 e. The van der Waals surface area contributed by atoms with Crippen LogP contribution < -0.4 is 10.6 Å². The average molecular weight is 305 g/mol. The molecule has 2 heterocycles. The third-order valence-electron chi connectivity index (χ3n) is 3.66. The van der Waals surface area contributed by atoms with E-state index in [1.165, 1.54) is 22.6 Å². The topological polar surface area (TPSA) is 71.8 Å². The van der Waals surface area contributed by atoms with E-state index in [1.54, 1.807) is 6.20 Å². The molecule has 2 N–H and O–H groups in total. The Morgan fingerprint density at radius 3 is 3.10 bits per heavy atom. The fourth-order valence-corrected chi connectivity index (χ4v) is 3.22. The van der Waals surface area contributed by atoms with Crippen molar-refractivity contribution in [3.05, 3.63) is 29.0 Å². The van der Waals surface area contributed by atoms with E-state index in [9.17, 15) is 4.79 Å². The van der Waals surface area contributed by atoms with Gasteiger partial charge < -0.3 is 5.32 Å². The van der Waals surface area contributed by atoms with Gasteiger partial charge in [0.25, 0.3) is 0 Å². The average Bonchev–Trinajstić information content (AvgIpc) is 3.06. The van der Waals surface area contributed by atoms with Gasteiger partial charge in [-0.05, 0) is 32.3 Å². The highest BCUT2D eigenvalue weighted by Crippen LogP contribution is 2.23. The van der Waals surface area contributed by atoms with Gasteiger partial charge in [-0.15, -0.1) is 11.3 Å². The van der Waals surface area contributed by atoms with E-state index >= 15 is 0 Å². The summed E-state index contributed by atoms with van der Waals surface area (Å²) < 4.78 is 2.06. The van der Waals surface area contributed by atoms with Gasteiger partial charge in [0, 0.05) is 35.8 Å². The van der Waals surface area contributed by atoms with Crippen LogP contribution in [0.15, 0.2) is 17.8 Å². The summed E-state index contributed by atoms with van der Waals surface area (Å²) in [4.78, 5) is 16.0. The molecule has 2 amide bonds. The van der Waals surface area contributed by atoms with Crippen LogP contribution in [0.3, 0.4) is 0 Å². The van der Waals surface area contributed by atoms with E-state index in [1.807, 2.05) is 11.6 Å². The van der Waals surface area contributed by atoms with Crippen LogP contribution >= 0.6 is 11.3 Å². The van der Waals surface area contributed by atoms with Gasteiger partial charge in [-0.2, -0.15) is 5.10 Å². The summed E-state index contributed by atoms with van der Waals surface area (Å²) in [6.07, 6.45) is 6.38. The molecule has 0 radical (unpaired) electrons. The van der Waals surface area contributed by atoms with Gasteiger partial charge >= 0.3 is 6.03 Å². The fraction of sp³-hybridized carbons (Fsp3) is 0.500. The van der Waals surface area contributed by atoms with E-state index in [0.717, 1.165) is 19.3 Å². The van der Waals surface area contributed by atoms with Crippen LogP contribution in [0.25, 0.3) is 0 Å². The first kappa shape index (κ1) is 14.1. The molecule has 1 aliphatic rings. The molecule has 112 valence electrons. The Balaban J connectivity index is 1.63. The number of amides is 2. The minimum Gasteiger partial charge on any atom is -0.335 e. The minimum atomic E-state index is -0.186. The van der Waals surface area contributed by atoms with Gasteiger partial charge in [0.15, 0.2) is 5.13 Å². The molecular weight excluding hydrogens is 286 g/mol. The Morgan fingerprint density at radius 2 is 2.38 bits per heavy atom. The van der Waals surface area contributed by atoms with Crippen molar-refractivity contribution >= 4 is 22.5 Å². The molecule has 0 aromatic carbocycles. The molecule has 2 aromatic heterocycles. The number of rotatable bonds is 3. The normalized spacial score (nSPS) is 17.6. The van der Waals surface area contributed by atoms with Crippen LogP contribution in [0.2, 0.25) is 0 Å². The Hall–Kier alpha value is -1.89. The van der Waals surface area contributed by atoms with Gasteiger partial charge in [0.2, 0.25) is 0 Å². The number of nitrogens with one attached hydrogen (secondary N) is 2. The summed E-state index contributed by atoms with van der Waals surface area (Å²) in [5, 5.41) is 12.7. The molecule has 7 heteroatoms. The second-order valence-corrected chi connectivity index (χ2v) is 6.42. The molecule has 3 rings (SSSR count). The summed E-state index contributed by atoms with van der Waals surface area (Å²) in [5.41, 5.74) is 2.55. The first-order valence-corrected chi connectivity index (χ1v) is 8.03. The number of thiazole rings is 1. The predicted molar refractivity (Wildman–Crippen MR) is 82.7 cm³/mol. The molecule has 0 fully saturated rings. The molecule has 1 atom stereocenters. The molecule has 1 unspecified atom stereocenters. The molecule has 6 nitrogen and oxygen atoms in total. The Bertz CT molecular complexity index is 619. The molecule has 2 aromatic rings. The summed E-state index contributed by atoms with van der Waals surface area (Å²) >= 11 is 1.41. The molecule has 0 spiro atoms. The molecule has 21 heavy (non-hydrogen) atoms. The van der Waals surface area contributed by atoms with Crippen molar-refractivity contribution < 1.29 is 4.79 Å². The third-order valence-corrected chi connectivity index (χ3v) is 4.35. The van der Waals surface area contributed by atoms with Gasteiger partial charge in [0.1, 0.15) is 0 Å². The lowest BCUT2D eigenvalue weighted by atomic mass is 9.93. The van der Waals surface area contributed by atoms with Crippen LogP contribution in [-0.2, 0) is 12.8 Å². The van der Waals surface area contributed by atoms with Crippen molar-refractivity contribution in [1.82, 2.24) is 20.1 Å². The standard InChI is InChI=1S/C14H19N5OS/c1-9(2)19-12-7-11(4-3-10(12)8-16-19)17-13(20)18-14-15-5-6-21-14/h5-6,8-9,11H,3-4,7H2,1-2H3,(H2,15,17,18,20). The van der Waals surface area contributed by atoms with E-state index < -0.39 is 0 Å². The Labute approximate surface area is 127 Å². The van der Waals surface area contributed by atoms with Crippen molar-refractivity contribution in [2.45, 2.75) is 45.2 Å². The number of aryl methyl sites for hydroxylation is 1. The largest absolute Gasteiger partial charge is 0.335 e. The summed E-state index contributed by atoms with van der Waals surface area (Å²) in [5.74, 6) is 0. The lowest BCUT2D eigenvalue weighted by molar-refractivity contribution is 0.246. The van der Waals surface area contributed by atoms with Crippen LogP contribution in [0, 0.1) is 0 Å². The van der Waals surface area contributed by atoms with Gasteiger partial charge in [-0.3, -0.25) is 10.00 Å². The number of urea groups is 1. The van der Waals surface area contributed by atoms with Crippen LogP contribution in [-0.4, -0.2) is 26.8 Å². The molecule has 1 aliphatic carbocycles. The van der Waals surface area contributed by atoms with Gasteiger partial charge in [-0.1, -0.05) is 0 Å². The number of hydrogen-bond donors (Lipinski definition) is 2. The van der Waals surface area contributed by atoms with E-state index in [0.29, 0.717) is 11.2 Å². The first-order chi connectivity index (χ1) is 10.1. The zero-order valence-corrected chi connectivity index (χ0v) is 13.0. The quantitative estimate of drug-likeness (QED) is 0.915. The highest BCUT2D eigenvalue weighted by molar-refractivity contribution is 7.13. The fourth-order valence-electron chi connectivity index (χ4n) is 2.69. The molecular formula is C14H19N5OS. The SMILES string of the molecule is CC(C)n1ncc2c1CC(NC(=O)Nc1nccs1)CC2. The third kappa shape index (κ3) is 3.07. The van der Waals surface area contributed by atoms with Crippen LogP contribution in [0.1, 0.15) is 37.6 Å². The number of nitrogens with zero attached hydrogens (tertiary/aromatic N) is 3. The maximum absolute atomic E-state index is 12.0. The molecule has 0 aliphatic heterocycles. The zero-order chi connectivity index (χ0) is 14.8. The lowest BCUT2D eigenvalue weighted by Gasteiger charge is -2.25. The van der Waals surface area contributed by atoms with Gasteiger partial charge in [-0.25, -0.2) is 9.78 Å². The van der Waals surface area contributed by atoms with E-state index in [2.05, 4.69) is 39.2 Å². The molecule has 0 saturated heterocycles. The maximum atomic E-state index is 12.0. The highest BCUT2D eigenvalue weighted by atomic mass is 32.1. The summed E-state index contributed by atoms with van der Waals surface area (Å²) in [6.45, 7) is 4.25. The second kappa shape index (κ2) is 5.85. The van der Waals surface area contributed by atoms with Crippen molar-refractivity contribution in [3.63, 3.8) is 0 Å². The minimum absolute atomic E-state index is 0.145. The van der Waals surface area contributed by atoms with Gasteiger partial charge in [0.05, 0.1) is 6.20 Å².